The third kappa shape index (κ3) is 4.10. The monoisotopic (exact) mass is 277 g/mol. The van der Waals surface area contributed by atoms with Gasteiger partial charge in [-0.05, 0) is 17.7 Å². The molecule has 0 amide bonds. The maximum absolute atomic E-state index is 12.7. The summed E-state index contributed by atoms with van der Waals surface area (Å²) in [4.78, 5) is 0. The van der Waals surface area contributed by atoms with Gasteiger partial charge >= 0.3 is 6.18 Å². The second-order valence-corrected chi connectivity index (χ2v) is 3.22. The first-order valence-corrected chi connectivity index (χ1v) is 4.18. The van der Waals surface area contributed by atoms with Crippen LogP contribution in [0.4, 0.5) is 22.0 Å². The van der Waals surface area contributed by atoms with Gasteiger partial charge in [-0.3, -0.25) is 0 Å². The fourth-order valence-corrected chi connectivity index (χ4v) is 1.15. The van der Waals surface area contributed by atoms with Crippen molar-refractivity contribution in [2.24, 2.45) is 5.73 Å². The van der Waals surface area contributed by atoms with Gasteiger partial charge in [0.05, 0.1) is 6.04 Å². The summed E-state index contributed by atoms with van der Waals surface area (Å²) in [5.41, 5.74) is 4.60. The number of alkyl halides is 3. The third-order valence-electron chi connectivity index (χ3n) is 1.95. The van der Waals surface area contributed by atoms with Crippen molar-refractivity contribution in [1.29, 1.82) is 0 Å². The van der Waals surface area contributed by atoms with Crippen molar-refractivity contribution < 1.29 is 27.1 Å². The van der Waals surface area contributed by atoms with Crippen molar-refractivity contribution in [2.45, 2.75) is 18.3 Å². The molecule has 3 N–H and O–H groups in total. The Morgan fingerprint density at radius 1 is 1.06 bits per heavy atom. The topological polar surface area (TPSA) is 46.2 Å². The molecule has 0 aliphatic rings. The molecule has 1 aromatic rings. The summed E-state index contributed by atoms with van der Waals surface area (Å²) < 4.78 is 61.6. The van der Waals surface area contributed by atoms with E-state index < -0.39 is 35.5 Å². The van der Waals surface area contributed by atoms with Gasteiger partial charge in [0.25, 0.3) is 0 Å². The average molecular weight is 278 g/mol. The molecule has 2 atom stereocenters. The summed E-state index contributed by atoms with van der Waals surface area (Å²) in [5.74, 6) is -2.11. The zero-order valence-corrected chi connectivity index (χ0v) is 9.03. The van der Waals surface area contributed by atoms with Gasteiger partial charge in [-0.2, -0.15) is 13.2 Å². The molecule has 1 rings (SSSR count). The number of aliphatic hydroxyl groups is 1. The van der Waals surface area contributed by atoms with Crippen LogP contribution in [-0.2, 0) is 0 Å². The Morgan fingerprint density at radius 3 is 1.82 bits per heavy atom. The van der Waals surface area contributed by atoms with Crippen LogP contribution in [0, 0.1) is 11.6 Å². The van der Waals surface area contributed by atoms with Crippen LogP contribution in [-0.4, -0.2) is 17.4 Å². The molecule has 0 radical (unpaired) electrons. The molecule has 0 unspecified atom stereocenters. The lowest BCUT2D eigenvalue weighted by Crippen LogP contribution is -2.38. The minimum absolute atomic E-state index is 0. The highest BCUT2D eigenvalue weighted by atomic mass is 35.5. The van der Waals surface area contributed by atoms with Crippen LogP contribution in [0.5, 0.6) is 0 Å². The van der Waals surface area contributed by atoms with Crippen molar-refractivity contribution in [1.82, 2.24) is 0 Å². The van der Waals surface area contributed by atoms with Gasteiger partial charge < -0.3 is 10.8 Å². The molecule has 0 saturated heterocycles. The molecule has 17 heavy (non-hydrogen) atoms. The lowest BCUT2D eigenvalue weighted by Gasteiger charge is -2.21. The lowest BCUT2D eigenvalue weighted by molar-refractivity contribution is -0.210. The minimum atomic E-state index is -4.94. The van der Waals surface area contributed by atoms with E-state index in [-0.39, 0.29) is 12.4 Å². The second-order valence-electron chi connectivity index (χ2n) is 3.22. The van der Waals surface area contributed by atoms with E-state index in [4.69, 9.17) is 10.8 Å². The van der Waals surface area contributed by atoms with E-state index in [1.807, 2.05) is 0 Å². The minimum Gasteiger partial charge on any atom is -0.382 e. The summed E-state index contributed by atoms with van der Waals surface area (Å²) in [5, 5.41) is 8.79. The summed E-state index contributed by atoms with van der Waals surface area (Å²) in [6.45, 7) is 0. The maximum atomic E-state index is 12.7. The van der Waals surface area contributed by atoms with E-state index in [0.717, 1.165) is 0 Å². The van der Waals surface area contributed by atoms with E-state index in [1.54, 1.807) is 0 Å². The normalized spacial score (nSPS) is 15.0. The number of halogens is 6. The Labute approximate surface area is 99.6 Å². The first-order chi connectivity index (χ1) is 7.21. The van der Waals surface area contributed by atoms with Crippen molar-refractivity contribution in [3.8, 4) is 0 Å². The van der Waals surface area contributed by atoms with Crippen LogP contribution in [0.2, 0.25) is 0 Å². The largest absolute Gasteiger partial charge is 0.416 e. The Morgan fingerprint density at radius 2 is 1.47 bits per heavy atom. The Kier molecular flexibility index (Phi) is 5.31. The average Bonchev–Trinajstić information content (AvgIpc) is 2.12. The van der Waals surface area contributed by atoms with Crippen molar-refractivity contribution in [3.05, 3.63) is 35.4 Å². The molecule has 0 spiro atoms. The molecule has 2 nitrogen and oxygen atoms in total. The van der Waals surface area contributed by atoms with Crippen molar-refractivity contribution in [2.75, 3.05) is 0 Å². The molecule has 1 aromatic carbocycles. The first kappa shape index (κ1) is 16.1. The molecular formula is C9H9ClF5NO. The fraction of sp³-hybridized carbons (Fsp3) is 0.333. The SMILES string of the molecule is Cl.N[C@@H](c1cc(F)cc(F)c1)[C@H](O)C(F)(F)F. The van der Waals surface area contributed by atoms with E-state index in [0.29, 0.717) is 18.2 Å². The van der Waals surface area contributed by atoms with Gasteiger partial charge in [-0.15, -0.1) is 12.4 Å². The van der Waals surface area contributed by atoms with Crippen molar-refractivity contribution in [3.63, 3.8) is 0 Å². The molecular weight excluding hydrogens is 269 g/mol. The number of nitrogens with two attached hydrogens (primary N) is 1. The van der Waals surface area contributed by atoms with E-state index in [9.17, 15) is 22.0 Å². The summed E-state index contributed by atoms with van der Waals surface area (Å²) in [7, 11) is 0. The highest BCUT2D eigenvalue weighted by Crippen LogP contribution is 2.29. The van der Waals surface area contributed by atoms with Crippen LogP contribution >= 0.6 is 12.4 Å². The zero-order chi connectivity index (χ0) is 12.5. The smallest absolute Gasteiger partial charge is 0.382 e. The predicted octanol–water partition coefficient (Wildman–Crippen LogP) is 2.31. The van der Waals surface area contributed by atoms with Crippen LogP contribution in [0.15, 0.2) is 18.2 Å². The van der Waals surface area contributed by atoms with Gasteiger partial charge in [-0.25, -0.2) is 8.78 Å². The molecule has 0 saturated carbocycles. The van der Waals surface area contributed by atoms with Crippen LogP contribution in [0.1, 0.15) is 11.6 Å². The van der Waals surface area contributed by atoms with E-state index in [2.05, 4.69) is 0 Å². The molecule has 0 aliphatic heterocycles. The summed E-state index contributed by atoms with van der Waals surface area (Å²) in [6, 6.07) is -0.146. The molecule has 0 heterocycles. The summed E-state index contributed by atoms with van der Waals surface area (Å²) >= 11 is 0. The quantitative estimate of drug-likeness (QED) is 0.815. The summed E-state index contributed by atoms with van der Waals surface area (Å²) in [6.07, 6.45) is -7.81. The first-order valence-electron chi connectivity index (χ1n) is 4.18. The number of rotatable bonds is 2. The Balaban J connectivity index is 0.00000256. The Bertz CT molecular complexity index is 364. The van der Waals surface area contributed by atoms with Crippen LogP contribution in [0.3, 0.4) is 0 Å². The van der Waals surface area contributed by atoms with Gasteiger partial charge in [0.2, 0.25) is 0 Å². The highest BCUT2D eigenvalue weighted by Gasteiger charge is 2.42. The van der Waals surface area contributed by atoms with Crippen molar-refractivity contribution >= 4 is 12.4 Å². The predicted molar refractivity (Wildman–Crippen MR) is 52.6 cm³/mol. The second kappa shape index (κ2) is 5.61. The molecule has 0 bridgehead atoms. The van der Waals surface area contributed by atoms with Gasteiger partial charge in [0, 0.05) is 6.07 Å². The van der Waals surface area contributed by atoms with E-state index in [1.165, 1.54) is 0 Å². The molecule has 0 fully saturated rings. The molecule has 0 aliphatic carbocycles. The number of benzene rings is 1. The van der Waals surface area contributed by atoms with E-state index >= 15 is 0 Å². The fourth-order valence-electron chi connectivity index (χ4n) is 1.15. The molecule has 0 aromatic heterocycles. The number of aliphatic hydroxyl groups excluding tert-OH is 1. The standard InChI is InChI=1S/C9H8F5NO.ClH/c10-5-1-4(2-6(11)3-5)7(15)8(16)9(12,13)14;/h1-3,7-8,16H,15H2;1H/t7-,8-;/m0./s1. The molecule has 8 heteroatoms. The van der Waals surface area contributed by atoms with Crippen LogP contribution in [0.25, 0.3) is 0 Å². The van der Waals surface area contributed by atoms with Gasteiger partial charge in [-0.1, -0.05) is 0 Å². The van der Waals surface area contributed by atoms with Gasteiger partial charge in [0.1, 0.15) is 11.6 Å². The number of hydrogen-bond acceptors (Lipinski definition) is 2. The lowest BCUT2D eigenvalue weighted by atomic mass is 10.0. The molecule has 98 valence electrons. The third-order valence-corrected chi connectivity index (χ3v) is 1.95. The van der Waals surface area contributed by atoms with Crippen LogP contribution < -0.4 is 5.73 Å². The Hall–Kier alpha value is -0.920. The number of hydrogen-bond donors (Lipinski definition) is 2. The highest BCUT2D eigenvalue weighted by molar-refractivity contribution is 5.85. The zero-order valence-electron chi connectivity index (χ0n) is 8.21. The van der Waals surface area contributed by atoms with Gasteiger partial charge in [0.15, 0.2) is 6.10 Å². The maximum Gasteiger partial charge on any atom is 0.416 e.